The van der Waals surface area contributed by atoms with Crippen LogP contribution in [0.4, 0.5) is 11.4 Å². The number of ether oxygens (including phenoxy) is 1. The number of hydrogen-bond donors (Lipinski definition) is 0. The molecule has 0 fully saturated rings. The second-order valence-corrected chi connectivity index (χ2v) is 5.88. The molecule has 18 heavy (non-hydrogen) atoms. The van der Waals surface area contributed by atoms with Crippen molar-refractivity contribution in [2.45, 2.75) is 0 Å². The van der Waals surface area contributed by atoms with E-state index < -0.39 is 20.6 Å². The first-order chi connectivity index (χ1) is 8.18. The van der Waals surface area contributed by atoms with Gasteiger partial charge >= 0.3 is 0 Å². The average molecular weight is 295 g/mol. The van der Waals surface area contributed by atoms with E-state index in [1.54, 1.807) is 0 Å². The van der Waals surface area contributed by atoms with Crippen molar-refractivity contribution in [3.63, 3.8) is 0 Å². The van der Waals surface area contributed by atoms with Crippen LogP contribution < -0.4 is 9.04 Å². The number of halogens is 1. The Kier molecular flexibility index (Phi) is 4.02. The van der Waals surface area contributed by atoms with E-state index in [0.29, 0.717) is 0 Å². The third-order valence-electron chi connectivity index (χ3n) is 2.28. The number of nitro groups is 1. The summed E-state index contributed by atoms with van der Waals surface area (Å²) in [7, 11) is -1.08. The molecule has 0 radical (unpaired) electrons. The molecule has 0 N–H and O–H groups in total. The van der Waals surface area contributed by atoms with Gasteiger partial charge in [0.1, 0.15) is 11.4 Å². The molecule has 0 aliphatic rings. The van der Waals surface area contributed by atoms with Gasteiger partial charge in [0.2, 0.25) is 10.0 Å². The maximum absolute atomic E-state index is 11.4. The van der Waals surface area contributed by atoms with Crippen LogP contribution in [0.2, 0.25) is 5.02 Å². The van der Waals surface area contributed by atoms with Crippen molar-refractivity contribution < 1.29 is 18.1 Å². The van der Waals surface area contributed by atoms with Crippen molar-refractivity contribution in [3.8, 4) is 5.75 Å². The van der Waals surface area contributed by atoms with Gasteiger partial charge in [-0.2, -0.15) is 0 Å². The van der Waals surface area contributed by atoms with Crippen molar-refractivity contribution in [1.29, 1.82) is 0 Å². The lowest BCUT2D eigenvalue weighted by atomic mass is 10.2. The van der Waals surface area contributed by atoms with Gasteiger partial charge in [-0.3, -0.25) is 14.4 Å². The Bertz CT molecular complexity index is 587. The molecule has 1 aromatic rings. The van der Waals surface area contributed by atoms with Gasteiger partial charge in [0.25, 0.3) is 5.69 Å². The Morgan fingerprint density at radius 2 is 2.00 bits per heavy atom. The van der Waals surface area contributed by atoms with E-state index in [-0.39, 0.29) is 16.5 Å². The molecular formula is C9H11ClN2O5S. The number of hydrogen-bond acceptors (Lipinski definition) is 5. The van der Waals surface area contributed by atoms with Crippen LogP contribution in [-0.4, -0.2) is 33.8 Å². The molecule has 0 aromatic heterocycles. The highest BCUT2D eigenvalue weighted by molar-refractivity contribution is 7.92. The van der Waals surface area contributed by atoms with Gasteiger partial charge in [0, 0.05) is 19.2 Å². The summed E-state index contributed by atoms with van der Waals surface area (Å²) in [6.07, 6.45) is 0.942. The summed E-state index contributed by atoms with van der Waals surface area (Å²) in [6, 6.07) is 2.26. The van der Waals surface area contributed by atoms with Gasteiger partial charge in [0.15, 0.2) is 0 Å². The predicted octanol–water partition coefficient (Wildman–Crippen LogP) is 1.65. The molecular weight excluding hydrogens is 284 g/mol. The molecule has 1 aromatic carbocycles. The van der Waals surface area contributed by atoms with Crippen LogP contribution >= 0.6 is 11.6 Å². The first-order valence-corrected chi connectivity index (χ1v) is 6.87. The summed E-state index contributed by atoms with van der Waals surface area (Å²) in [5, 5.41) is 10.9. The molecule has 0 saturated heterocycles. The number of anilines is 1. The lowest BCUT2D eigenvalue weighted by Gasteiger charge is -2.17. The summed E-state index contributed by atoms with van der Waals surface area (Å²) in [5.41, 5.74) is -0.516. The van der Waals surface area contributed by atoms with Gasteiger partial charge in [-0.25, -0.2) is 8.42 Å². The second-order valence-electron chi connectivity index (χ2n) is 3.46. The van der Waals surface area contributed by atoms with Crippen LogP contribution in [0, 0.1) is 10.1 Å². The van der Waals surface area contributed by atoms with Crippen molar-refractivity contribution in [1.82, 2.24) is 0 Å². The summed E-state index contributed by atoms with van der Waals surface area (Å²) in [4.78, 5) is 10.2. The minimum absolute atomic E-state index is 0.0369. The fourth-order valence-electron chi connectivity index (χ4n) is 1.27. The van der Waals surface area contributed by atoms with E-state index in [0.717, 1.165) is 16.6 Å². The van der Waals surface area contributed by atoms with Crippen LogP contribution in [0.15, 0.2) is 12.1 Å². The highest BCUT2D eigenvalue weighted by Crippen LogP contribution is 2.38. The smallest absolute Gasteiger partial charge is 0.295 e. The van der Waals surface area contributed by atoms with Crippen molar-refractivity contribution in [2.75, 3.05) is 24.7 Å². The van der Waals surface area contributed by atoms with E-state index in [9.17, 15) is 18.5 Å². The normalized spacial score (nSPS) is 11.1. The highest BCUT2D eigenvalue weighted by Gasteiger charge is 2.25. The third kappa shape index (κ3) is 2.82. The number of nitrogens with zero attached hydrogens (tertiary/aromatic N) is 2. The number of rotatable bonds is 4. The summed E-state index contributed by atoms with van der Waals surface area (Å²) < 4.78 is 28.5. The fourth-order valence-corrected chi connectivity index (χ4v) is 2.00. The topological polar surface area (TPSA) is 89.8 Å². The number of benzene rings is 1. The molecule has 0 heterocycles. The Morgan fingerprint density at radius 1 is 1.44 bits per heavy atom. The molecule has 0 unspecified atom stereocenters. The molecule has 1 rings (SSSR count). The van der Waals surface area contributed by atoms with Crippen molar-refractivity contribution in [3.05, 3.63) is 27.3 Å². The number of sulfonamides is 1. The van der Waals surface area contributed by atoms with Gasteiger partial charge in [0.05, 0.1) is 23.3 Å². The Balaban J connectivity index is 3.54. The lowest BCUT2D eigenvalue weighted by Crippen LogP contribution is -2.25. The van der Waals surface area contributed by atoms with E-state index in [4.69, 9.17) is 16.3 Å². The van der Waals surface area contributed by atoms with Crippen molar-refractivity contribution >= 4 is 33.0 Å². The van der Waals surface area contributed by atoms with Crippen LogP contribution in [0.5, 0.6) is 5.75 Å². The third-order valence-corrected chi connectivity index (χ3v) is 3.77. The largest absolute Gasteiger partial charge is 0.495 e. The molecule has 0 aliphatic carbocycles. The zero-order valence-corrected chi connectivity index (χ0v) is 11.4. The zero-order chi connectivity index (χ0) is 14.1. The Morgan fingerprint density at radius 3 is 2.39 bits per heavy atom. The highest BCUT2D eigenvalue weighted by atomic mass is 35.5. The fraction of sp³-hybridized carbons (Fsp3) is 0.333. The molecule has 0 atom stereocenters. The van der Waals surface area contributed by atoms with Crippen molar-refractivity contribution in [2.24, 2.45) is 0 Å². The maximum atomic E-state index is 11.4. The maximum Gasteiger partial charge on any atom is 0.295 e. The summed E-state index contributed by atoms with van der Waals surface area (Å²) in [6.45, 7) is 0. The molecule has 0 aliphatic heterocycles. The molecule has 9 heteroatoms. The minimum atomic E-state index is -3.62. The molecule has 0 spiro atoms. The lowest BCUT2D eigenvalue weighted by molar-refractivity contribution is -0.384. The van der Waals surface area contributed by atoms with Crippen LogP contribution in [0.25, 0.3) is 0 Å². The van der Waals surface area contributed by atoms with Gasteiger partial charge in [-0.05, 0) is 0 Å². The van der Waals surface area contributed by atoms with E-state index in [1.165, 1.54) is 20.2 Å². The zero-order valence-electron chi connectivity index (χ0n) is 9.88. The Labute approximate surface area is 109 Å². The van der Waals surface area contributed by atoms with Crippen LogP contribution in [0.1, 0.15) is 0 Å². The number of methoxy groups -OCH3 is 1. The summed E-state index contributed by atoms with van der Waals surface area (Å²) in [5.74, 6) is 0.160. The van der Waals surface area contributed by atoms with Gasteiger partial charge < -0.3 is 4.74 Å². The van der Waals surface area contributed by atoms with Gasteiger partial charge in [-0.15, -0.1) is 0 Å². The average Bonchev–Trinajstić information content (AvgIpc) is 2.26. The SMILES string of the molecule is COc1cc(N(C)S(C)(=O)=O)c([N+](=O)[O-])cc1Cl. The van der Waals surface area contributed by atoms with E-state index >= 15 is 0 Å². The standard InChI is InChI=1S/C9H11ClN2O5S/c1-11(18(3,15)16)7-5-9(17-2)6(10)4-8(7)12(13)14/h4-5H,1-3H3. The van der Waals surface area contributed by atoms with E-state index in [2.05, 4.69) is 0 Å². The minimum Gasteiger partial charge on any atom is -0.495 e. The molecule has 7 nitrogen and oxygen atoms in total. The van der Waals surface area contributed by atoms with Crippen LogP contribution in [0.3, 0.4) is 0 Å². The second kappa shape index (κ2) is 4.99. The quantitative estimate of drug-likeness (QED) is 0.622. The summed E-state index contributed by atoms with van der Waals surface area (Å²) >= 11 is 5.77. The molecule has 100 valence electrons. The van der Waals surface area contributed by atoms with Crippen LogP contribution in [-0.2, 0) is 10.0 Å². The number of nitro benzene ring substituents is 1. The first-order valence-electron chi connectivity index (χ1n) is 4.64. The monoisotopic (exact) mass is 294 g/mol. The van der Waals surface area contributed by atoms with E-state index in [1.807, 2.05) is 0 Å². The molecule has 0 bridgehead atoms. The molecule has 0 saturated carbocycles. The van der Waals surface area contributed by atoms with Gasteiger partial charge in [-0.1, -0.05) is 11.6 Å². The first kappa shape index (κ1) is 14.5. The Hall–Kier alpha value is -1.54. The predicted molar refractivity (Wildman–Crippen MR) is 67.9 cm³/mol. The molecule has 0 amide bonds.